The summed E-state index contributed by atoms with van der Waals surface area (Å²) in [6.45, 7) is 6.09. The molecule has 4 N–H and O–H groups in total. The highest BCUT2D eigenvalue weighted by atomic mass is 31.1. The van der Waals surface area contributed by atoms with Crippen LogP contribution in [-0.4, -0.2) is 37.9 Å². The first kappa shape index (κ1) is 22.4. The molecule has 2 aromatic rings. The average molecular weight is 400 g/mol. The molecule has 0 spiro atoms. The Hall–Kier alpha value is -1.90. The van der Waals surface area contributed by atoms with E-state index in [1.54, 1.807) is 24.3 Å². The van der Waals surface area contributed by atoms with E-state index in [0.717, 1.165) is 47.1 Å². The standard InChI is InChI=1S/C23H34N3OP/c1-17-7-8-19(18(2)15-17)5-4-6-22(28-14-13-25-3)16-26-23(27)20-9-11-21(24)12-10-20/h7-12,15,22,25,28H,4-6,13-14,16,24H2,1-3H3,(H,26,27). The van der Waals surface area contributed by atoms with Crippen LogP contribution in [0.5, 0.6) is 0 Å². The van der Waals surface area contributed by atoms with E-state index in [9.17, 15) is 4.79 Å². The normalized spacial score (nSPS) is 12.4. The van der Waals surface area contributed by atoms with Crippen molar-refractivity contribution in [3.63, 3.8) is 0 Å². The van der Waals surface area contributed by atoms with Gasteiger partial charge in [0.15, 0.2) is 0 Å². The van der Waals surface area contributed by atoms with Gasteiger partial charge in [-0.3, -0.25) is 4.79 Å². The van der Waals surface area contributed by atoms with Gasteiger partial charge in [0.2, 0.25) is 0 Å². The number of carbonyl (C=O) groups is 1. The Morgan fingerprint density at radius 2 is 1.89 bits per heavy atom. The summed E-state index contributed by atoms with van der Waals surface area (Å²) in [4.78, 5) is 12.4. The summed E-state index contributed by atoms with van der Waals surface area (Å²) in [5, 5.41) is 6.34. The van der Waals surface area contributed by atoms with Crippen LogP contribution in [0.3, 0.4) is 0 Å². The summed E-state index contributed by atoms with van der Waals surface area (Å²) < 4.78 is 0. The molecule has 0 aliphatic rings. The van der Waals surface area contributed by atoms with Crippen molar-refractivity contribution in [3.05, 3.63) is 64.7 Å². The number of carbonyl (C=O) groups excluding carboxylic acids is 1. The quantitative estimate of drug-likeness (QED) is 0.305. The van der Waals surface area contributed by atoms with Crippen molar-refractivity contribution >= 4 is 20.2 Å². The molecule has 1 amide bonds. The number of hydrogen-bond donors (Lipinski definition) is 3. The summed E-state index contributed by atoms with van der Waals surface area (Å²) >= 11 is 0. The van der Waals surface area contributed by atoms with Crippen molar-refractivity contribution < 1.29 is 4.79 Å². The lowest BCUT2D eigenvalue weighted by Crippen LogP contribution is -2.30. The van der Waals surface area contributed by atoms with Gasteiger partial charge in [0, 0.05) is 17.8 Å². The van der Waals surface area contributed by atoms with Crippen LogP contribution < -0.4 is 16.4 Å². The molecule has 0 aliphatic carbocycles. The molecule has 0 saturated heterocycles. The fraction of sp³-hybridized carbons (Fsp3) is 0.435. The molecule has 28 heavy (non-hydrogen) atoms. The highest BCUT2D eigenvalue weighted by molar-refractivity contribution is 7.38. The number of nitrogens with two attached hydrogens (primary N) is 1. The van der Waals surface area contributed by atoms with E-state index in [2.05, 4.69) is 42.7 Å². The number of benzene rings is 2. The molecule has 0 aromatic heterocycles. The van der Waals surface area contributed by atoms with E-state index >= 15 is 0 Å². The van der Waals surface area contributed by atoms with Crippen LogP contribution in [-0.2, 0) is 6.42 Å². The van der Waals surface area contributed by atoms with Crippen LogP contribution in [0.15, 0.2) is 42.5 Å². The molecule has 4 nitrogen and oxygen atoms in total. The summed E-state index contributed by atoms with van der Waals surface area (Å²) in [6, 6.07) is 13.8. The molecule has 2 rings (SSSR count). The van der Waals surface area contributed by atoms with Gasteiger partial charge in [-0.25, -0.2) is 0 Å². The van der Waals surface area contributed by atoms with E-state index in [0.29, 0.717) is 16.9 Å². The van der Waals surface area contributed by atoms with Crippen molar-refractivity contribution in [2.24, 2.45) is 0 Å². The lowest BCUT2D eigenvalue weighted by molar-refractivity contribution is 0.0953. The zero-order chi connectivity index (χ0) is 20.4. The third kappa shape index (κ3) is 7.61. The van der Waals surface area contributed by atoms with Crippen molar-refractivity contribution in [1.29, 1.82) is 0 Å². The Labute approximate surface area is 171 Å². The predicted octanol–water partition coefficient (Wildman–Crippen LogP) is 3.90. The van der Waals surface area contributed by atoms with Crippen LogP contribution in [0.4, 0.5) is 5.69 Å². The molecular formula is C23H34N3OP. The molecule has 0 radical (unpaired) electrons. The molecule has 2 aromatic carbocycles. The molecule has 0 fully saturated rings. The summed E-state index contributed by atoms with van der Waals surface area (Å²) in [5.41, 5.74) is 11.7. The number of aryl methyl sites for hydroxylation is 3. The van der Waals surface area contributed by atoms with Gasteiger partial charge in [-0.05, 0) is 93.9 Å². The second kappa shape index (κ2) is 11.8. The maximum absolute atomic E-state index is 12.4. The summed E-state index contributed by atoms with van der Waals surface area (Å²) in [6.07, 6.45) is 4.55. The lowest BCUT2D eigenvalue weighted by Gasteiger charge is -2.18. The lowest BCUT2D eigenvalue weighted by atomic mass is 10.0. The highest BCUT2D eigenvalue weighted by Crippen LogP contribution is 2.24. The molecule has 5 heteroatoms. The predicted molar refractivity (Wildman–Crippen MR) is 123 cm³/mol. The zero-order valence-corrected chi connectivity index (χ0v) is 18.3. The minimum absolute atomic E-state index is 0.0159. The van der Waals surface area contributed by atoms with Crippen LogP contribution in [0.2, 0.25) is 0 Å². The molecule has 0 heterocycles. The van der Waals surface area contributed by atoms with Crippen LogP contribution in [0, 0.1) is 13.8 Å². The van der Waals surface area contributed by atoms with Gasteiger partial charge in [0.1, 0.15) is 0 Å². The van der Waals surface area contributed by atoms with Crippen LogP contribution in [0.25, 0.3) is 0 Å². The monoisotopic (exact) mass is 399 g/mol. The van der Waals surface area contributed by atoms with Gasteiger partial charge in [0.25, 0.3) is 5.91 Å². The van der Waals surface area contributed by atoms with Gasteiger partial charge in [-0.2, -0.15) is 0 Å². The number of nitrogen functional groups attached to an aromatic ring is 1. The Morgan fingerprint density at radius 3 is 2.57 bits per heavy atom. The maximum Gasteiger partial charge on any atom is 0.251 e. The number of nitrogens with one attached hydrogen (secondary N) is 2. The third-order valence-electron chi connectivity index (χ3n) is 4.99. The van der Waals surface area contributed by atoms with Gasteiger partial charge in [-0.15, -0.1) is 8.58 Å². The van der Waals surface area contributed by atoms with Gasteiger partial charge >= 0.3 is 0 Å². The second-order valence-corrected chi connectivity index (χ2v) is 9.13. The van der Waals surface area contributed by atoms with Gasteiger partial charge < -0.3 is 16.4 Å². The SMILES string of the molecule is CNCCPC(CCCc1ccc(C)cc1C)CNC(=O)c1ccc(N)cc1. The zero-order valence-electron chi connectivity index (χ0n) is 17.3. The summed E-state index contributed by atoms with van der Waals surface area (Å²) in [7, 11) is 2.84. The number of rotatable bonds is 11. The average Bonchev–Trinajstić information content (AvgIpc) is 2.67. The first-order valence-corrected chi connectivity index (χ1v) is 11.4. The van der Waals surface area contributed by atoms with Crippen LogP contribution >= 0.6 is 8.58 Å². The van der Waals surface area contributed by atoms with Crippen molar-refractivity contribution in [3.8, 4) is 0 Å². The van der Waals surface area contributed by atoms with E-state index < -0.39 is 0 Å². The molecule has 0 aliphatic heterocycles. The first-order valence-electron chi connectivity index (χ1n) is 10.1. The molecule has 152 valence electrons. The van der Waals surface area contributed by atoms with Crippen LogP contribution in [0.1, 0.15) is 39.9 Å². The second-order valence-electron chi connectivity index (χ2n) is 7.41. The molecular weight excluding hydrogens is 365 g/mol. The molecule has 2 atom stereocenters. The van der Waals surface area contributed by atoms with Crippen molar-refractivity contribution in [1.82, 2.24) is 10.6 Å². The maximum atomic E-state index is 12.4. The Bertz CT molecular complexity index is 746. The summed E-state index contributed by atoms with van der Waals surface area (Å²) in [5.74, 6) is -0.0159. The van der Waals surface area contributed by atoms with Gasteiger partial charge in [0.05, 0.1) is 0 Å². The first-order chi connectivity index (χ1) is 13.5. The van der Waals surface area contributed by atoms with E-state index in [1.165, 1.54) is 16.7 Å². The van der Waals surface area contributed by atoms with E-state index in [4.69, 9.17) is 5.73 Å². The Morgan fingerprint density at radius 1 is 1.14 bits per heavy atom. The third-order valence-corrected chi connectivity index (χ3v) is 6.60. The largest absolute Gasteiger partial charge is 0.399 e. The number of hydrogen-bond acceptors (Lipinski definition) is 3. The minimum Gasteiger partial charge on any atom is -0.399 e. The fourth-order valence-electron chi connectivity index (χ4n) is 3.30. The molecule has 0 bridgehead atoms. The number of anilines is 1. The topological polar surface area (TPSA) is 67.1 Å². The van der Waals surface area contributed by atoms with E-state index in [1.807, 2.05) is 7.05 Å². The Kier molecular flexibility index (Phi) is 9.46. The fourth-order valence-corrected chi connectivity index (χ4v) is 4.75. The van der Waals surface area contributed by atoms with Crippen molar-refractivity contribution in [2.75, 3.05) is 32.0 Å². The van der Waals surface area contributed by atoms with Gasteiger partial charge in [-0.1, -0.05) is 23.8 Å². The molecule has 0 saturated carbocycles. The molecule has 2 unspecified atom stereocenters. The Balaban J connectivity index is 1.85. The van der Waals surface area contributed by atoms with E-state index in [-0.39, 0.29) is 5.91 Å². The smallest absolute Gasteiger partial charge is 0.251 e. The minimum atomic E-state index is -0.0159. The number of amides is 1. The highest BCUT2D eigenvalue weighted by Gasteiger charge is 2.12. The van der Waals surface area contributed by atoms with Crippen molar-refractivity contribution in [2.45, 2.75) is 38.8 Å².